The van der Waals surface area contributed by atoms with Gasteiger partial charge in [0.1, 0.15) is 0 Å². The van der Waals surface area contributed by atoms with Crippen LogP contribution in [-0.2, 0) is 6.61 Å². The molecule has 0 fully saturated rings. The standard InChI is InChI=1S/C10H10ClF3O3/c1-16-8-3-6(4-15)2-7(11)9(8)17-5-10(12,13)14/h2-3,15H,4-5H2,1H3. The quantitative estimate of drug-likeness (QED) is 0.914. The van der Waals surface area contributed by atoms with Crippen molar-refractivity contribution in [1.29, 1.82) is 0 Å². The van der Waals surface area contributed by atoms with E-state index >= 15 is 0 Å². The Morgan fingerprint density at radius 2 is 2.00 bits per heavy atom. The van der Waals surface area contributed by atoms with Crippen molar-refractivity contribution in [2.75, 3.05) is 13.7 Å². The van der Waals surface area contributed by atoms with E-state index in [9.17, 15) is 13.2 Å². The van der Waals surface area contributed by atoms with Crippen LogP contribution >= 0.6 is 11.6 Å². The molecule has 17 heavy (non-hydrogen) atoms. The minimum Gasteiger partial charge on any atom is -0.493 e. The second-order valence-corrected chi connectivity index (χ2v) is 3.58. The summed E-state index contributed by atoms with van der Waals surface area (Å²) in [7, 11) is 1.27. The van der Waals surface area contributed by atoms with Crippen LogP contribution in [0.3, 0.4) is 0 Å². The molecule has 0 atom stereocenters. The normalized spacial score (nSPS) is 11.4. The van der Waals surface area contributed by atoms with Gasteiger partial charge in [-0.15, -0.1) is 0 Å². The van der Waals surface area contributed by atoms with E-state index in [1.165, 1.54) is 19.2 Å². The van der Waals surface area contributed by atoms with Crippen LogP contribution in [0.2, 0.25) is 5.02 Å². The molecule has 0 saturated carbocycles. The largest absolute Gasteiger partial charge is 0.493 e. The molecule has 0 aliphatic rings. The summed E-state index contributed by atoms with van der Waals surface area (Å²) in [6.45, 7) is -1.75. The Balaban J connectivity index is 2.98. The molecular weight excluding hydrogens is 261 g/mol. The lowest BCUT2D eigenvalue weighted by Crippen LogP contribution is -2.19. The van der Waals surface area contributed by atoms with Crippen LogP contribution in [0.5, 0.6) is 11.5 Å². The van der Waals surface area contributed by atoms with E-state index in [1.807, 2.05) is 0 Å². The monoisotopic (exact) mass is 270 g/mol. The predicted molar refractivity (Wildman–Crippen MR) is 55.5 cm³/mol. The molecule has 0 heterocycles. The average Bonchev–Trinajstić information content (AvgIpc) is 2.25. The number of ether oxygens (including phenoxy) is 2. The maximum Gasteiger partial charge on any atom is 0.422 e. The van der Waals surface area contributed by atoms with Gasteiger partial charge in [0.05, 0.1) is 18.7 Å². The van der Waals surface area contributed by atoms with E-state index in [0.29, 0.717) is 5.56 Å². The summed E-state index contributed by atoms with van der Waals surface area (Å²) < 4.78 is 45.4. The molecule has 0 spiro atoms. The fraction of sp³-hybridized carbons (Fsp3) is 0.400. The molecule has 1 aromatic carbocycles. The maximum absolute atomic E-state index is 12.0. The molecule has 1 N–H and O–H groups in total. The zero-order valence-electron chi connectivity index (χ0n) is 8.84. The van der Waals surface area contributed by atoms with Crippen molar-refractivity contribution >= 4 is 11.6 Å². The Labute approximate surface area is 101 Å². The van der Waals surface area contributed by atoms with E-state index in [1.54, 1.807) is 0 Å². The summed E-state index contributed by atoms with van der Waals surface area (Å²) in [6, 6.07) is 2.67. The number of benzene rings is 1. The van der Waals surface area contributed by atoms with E-state index in [4.69, 9.17) is 21.4 Å². The summed E-state index contributed by atoms with van der Waals surface area (Å²) in [5, 5.41) is 8.85. The summed E-state index contributed by atoms with van der Waals surface area (Å²) in [4.78, 5) is 0. The molecule has 0 amide bonds. The van der Waals surface area contributed by atoms with Gasteiger partial charge in [-0.1, -0.05) is 11.6 Å². The first kappa shape index (κ1) is 13.9. The van der Waals surface area contributed by atoms with E-state index in [0.717, 1.165) is 0 Å². The highest BCUT2D eigenvalue weighted by Gasteiger charge is 2.29. The first-order valence-corrected chi connectivity index (χ1v) is 4.92. The third-order valence-corrected chi connectivity index (χ3v) is 2.13. The van der Waals surface area contributed by atoms with Crippen LogP contribution in [0.25, 0.3) is 0 Å². The number of alkyl halides is 3. The van der Waals surface area contributed by atoms with Crippen molar-refractivity contribution in [2.24, 2.45) is 0 Å². The first-order valence-electron chi connectivity index (χ1n) is 4.54. The number of hydrogen-bond donors (Lipinski definition) is 1. The third kappa shape index (κ3) is 3.98. The van der Waals surface area contributed by atoms with E-state index < -0.39 is 12.8 Å². The number of aliphatic hydroxyl groups is 1. The molecule has 1 aromatic rings. The number of methoxy groups -OCH3 is 1. The van der Waals surface area contributed by atoms with Gasteiger partial charge in [-0.3, -0.25) is 0 Å². The third-order valence-electron chi connectivity index (χ3n) is 1.85. The van der Waals surface area contributed by atoms with Crippen LogP contribution in [0, 0.1) is 0 Å². The van der Waals surface area contributed by atoms with Gasteiger partial charge in [0, 0.05) is 0 Å². The summed E-state index contributed by atoms with van der Waals surface area (Å²) in [5.74, 6) is -0.144. The number of hydrogen-bond acceptors (Lipinski definition) is 3. The molecule has 0 aliphatic heterocycles. The zero-order valence-corrected chi connectivity index (χ0v) is 9.60. The van der Waals surface area contributed by atoms with E-state index in [-0.39, 0.29) is 23.1 Å². The minimum absolute atomic E-state index is 0.0438. The fourth-order valence-corrected chi connectivity index (χ4v) is 1.45. The van der Waals surface area contributed by atoms with Gasteiger partial charge in [-0.2, -0.15) is 13.2 Å². The number of aliphatic hydroxyl groups excluding tert-OH is 1. The van der Waals surface area contributed by atoms with Crippen LogP contribution < -0.4 is 9.47 Å². The van der Waals surface area contributed by atoms with Crippen LogP contribution in [0.1, 0.15) is 5.56 Å². The first-order chi connectivity index (χ1) is 7.87. The highest BCUT2D eigenvalue weighted by atomic mass is 35.5. The molecule has 0 unspecified atom stereocenters. The van der Waals surface area contributed by atoms with Gasteiger partial charge in [0.15, 0.2) is 18.1 Å². The molecule has 0 saturated heterocycles. The van der Waals surface area contributed by atoms with Gasteiger partial charge in [-0.05, 0) is 17.7 Å². The lowest BCUT2D eigenvalue weighted by molar-refractivity contribution is -0.153. The Morgan fingerprint density at radius 3 is 2.47 bits per heavy atom. The van der Waals surface area contributed by atoms with Crippen molar-refractivity contribution in [3.8, 4) is 11.5 Å². The number of halogens is 4. The SMILES string of the molecule is COc1cc(CO)cc(Cl)c1OCC(F)(F)F. The van der Waals surface area contributed by atoms with Gasteiger partial charge >= 0.3 is 6.18 Å². The molecule has 1 rings (SSSR count). The molecule has 96 valence electrons. The molecule has 0 radical (unpaired) electrons. The van der Waals surface area contributed by atoms with E-state index in [2.05, 4.69) is 4.74 Å². The topological polar surface area (TPSA) is 38.7 Å². The van der Waals surface area contributed by atoms with Crippen LogP contribution in [0.15, 0.2) is 12.1 Å². The lowest BCUT2D eigenvalue weighted by Gasteiger charge is -2.14. The molecule has 3 nitrogen and oxygen atoms in total. The van der Waals surface area contributed by atoms with Crippen molar-refractivity contribution < 1.29 is 27.8 Å². The summed E-state index contributed by atoms with van der Waals surface area (Å²) in [5.41, 5.74) is 0.422. The highest BCUT2D eigenvalue weighted by Crippen LogP contribution is 2.37. The van der Waals surface area contributed by atoms with Crippen molar-refractivity contribution in [2.45, 2.75) is 12.8 Å². The van der Waals surface area contributed by atoms with Crippen molar-refractivity contribution in [3.63, 3.8) is 0 Å². The molecule has 7 heteroatoms. The predicted octanol–water partition coefficient (Wildman–Crippen LogP) is 2.78. The second kappa shape index (κ2) is 5.46. The highest BCUT2D eigenvalue weighted by molar-refractivity contribution is 6.32. The van der Waals surface area contributed by atoms with Crippen LogP contribution in [-0.4, -0.2) is 25.0 Å². The number of rotatable bonds is 4. The average molecular weight is 271 g/mol. The Hall–Kier alpha value is -1.14. The molecular formula is C10H10ClF3O3. The minimum atomic E-state index is -4.45. The fourth-order valence-electron chi connectivity index (χ4n) is 1.16. The van der Waals surface area contributed by atoms with Crippen molar-refractivity contribution in [1.82, 2.24) is 0 Å². The lowest BCUT2D eigenvalue weighted by atomic mass is 10.2. The maximum atomic E-state index is 12.0. The zero-order chi connectivity index (χ0) is 13.1. The molecule has 0 aromatic heterocycles. The Kier molecular flexibility index (Phi) is 4.47. The van der Waals surface area contributed by atoms with Crippen LogP contribution in [0.4, 0.5) is 13.2 Å². The summed E-state index contributed by atoms with van der Waals surface area (Å²) in [6.07, 6.45) is -4.45. The summed E-state index contributed by atoms with van der Waals surface area (Å²) >= 11 is 5.74. The smallest absolute Gasteiger partial charge is 0.422 e. The van der Waals surface area contributed by atoms with Crippen molar-refractivity contribution in [3.05, 3.63) is 22.7 Å². The molecule has 0 aliphatic carbocycles. The van der Waals surface area contributed by atoms with Gasteiger partial charge in [-0.25, -0.2) is 0 Å². The Morgan fingerprint density at radius 1 is 1.35 bits per heavy atom. The van der Waals surface area contributed by atoms with Gasteiger partial charge in [0.25, 0.3) is 0 Å². The van der Waals surface area contributed by atoms with Gasteiger partial charge in [0.2, 0.25) is 0 Å². The second-order valence-electron chi connectivity index (χ2n) is 3.17. The Bertz CT molecular complexity index is 393. The van der Waals surface area contributed by atoms with Gasteiger partial charge < -0.3 is 14.6 Å². The molecule has 0 bridgehead atoms.